The Balaban J connectivity index is 1.45. The van der Waals surface area contributed by atoms with Crippen molar-refractivity contribution in [1.82, 2.24) is 0 Å². The molecule has 0 unspecified atom stereocenters. The van der Waals surface area contributed by atoms with Crippen molar-refractivity contribution in [2.24, 2.45) is 0 Å². The van der Waals surface area contributed by atoms with E-state index in [0.717, 1.165) is 49.2 Å². The zero-order valence-electron chi connectivity index (χ0n) is 26.4. The molecule has 238 valence electrons. The summed E-state index contributed by atoms with van der Waals surface area (Å²) in [6.07, 6.45) is 0. The van der Waals surface area contributed by atoms with E-state index in [9.17, 15) is 25.5 Å². The Hall–Kier alpha value is -6.60. The van der Waals surface area contributed by atoms with Gasteiger partial charge in [-0.05, 0) is 74.5 Å². The normalized spacial score (nSPS) is 12.2. The molecule has 1 aliphatic rings. The van der Waals surface area contributed by atoms with Gasteiger partial charge < -0.3 is 25.5 Å². The van der Waals surface area contributed by atoms with Gasteiger partial charge in [0, 0.05) is 27.5 Å². The molecule has 1 aliphatic heterocycles. The predicted octanol–water partition coefficient (Wildman–Crippen LogP) is 10.1. The SMILES string of the molecule is Cc1c(C)c2c3c(c4ccccc4c(-c4cccc5c(-c6ccc7ccccc7c6)cccc45)c3c1O)-c1c(O)c(O)c(O)c(O)c1OO2. The molecule has 0 amide bonds. The lowest BCUT2D eigenvalue weighted by Crippen LogP contribution is -2.03. The minimum Gasteiger partial charge on any atom is -0.507 e. The van der Waals surface area contributed by atoms with Crippen molar-refractivity contribution in [2.45, 2.75) is 13.8 Å². The standard InChI is InChI=1S/C42H28O7/c1-20-21(2)41-34-32(35-37(44)38(45)39(46)40(47)42(35)49-48-41)30-12-6-5-11-29(30)31(33(34)36(20)43)28-16-8-14-26-25(13-7-15-27(26)28)24-18-17-22-9-3-4-10-23(22)19-24/h3-19,43-47H,1-2H3. The molecule has 8 aromatic carbocycles. The molecule has 0 spiro atoms. The maximum absolute atomic E-state index is 12.1. The fourth-order valence-electron chi connectivity index (χ4n) is 7.48. The van der Waals surface area contributed by atoms with Gasteiger partial charge in [0.05, 0.1) is 5.56 Å². The van der Waals surface area contributed by atoms with Gasteiger partial charge in [-0.1, -0.05) is 97.1 Å². The van der Waals surface area contributed by atoms with Crippen LogP contribution in [0.25, 0.3) is 76.5 Å². The molecule has 0 fully saturated rings. The van der Waals surface area contributed by atoms with Crippen LogP contribution in [0.2, 0.25) is 0 Å². The van der Waals surface area contributed by atoms with Gasteiger partial charge in [-0.2, -0.15) is 0 Å². The van der Waals surface area contributed by atoms with Crippen LogP contribution in [-0.4, -0.2) is 25.5 Å². The molecule has 7 heteroatoms. The van der Waals surface area contributed by atoms with Gasteiger partial charge in [-0.25, -0.2) is 0 Å². The third kappa shape index (κ3) is 3.84. The minimum absolute atomic E-state index is 0.0136. The van der Waals surface area contributed by atoms with E-state index in [0.29, 0.717) is 32.8 Å². The first kappa shape index (κ1) is 28.6. The zero-order valence-corrected chi connectivity index (χ0v) is 26.4. The van der Waals surface area contributed by atoms with Crippen LogP contribution in [0, 0.1) is 13.8 Å². The number of phenols is 5. The first-order valence-corrected chi connectivity index (χ1v) is 15.8. The molecule has 5 N–H and O–H groups in total. The fourth-order valence-corrected chi connectivity index (χ4v) is 7.48. The number of benzene rings is 8. The van der Waals surface area contributed by atoms with Gasteiger partial charge in [0.15, 0.2) is 11.5 Å². The molecule has 49 heavy (non-hydrogen) atoms. The Bertz CT molecular complexity index is 2750. The molecule has 0 bridgehead atoms. The molecule has 0 aliphatic carbocycles. The largest absolute Gasteiger partial charge is 0.507 e. The summed E-state index contributed by atoms with van der Waals surface area (Å²) in [5.74, 6) is -3.45. The summed E-state index contributed by atoms with van der Waals surface area (Å²) in [6.45, 7) is 3.57. The quantitative estimate of drug-likeness (QED) is 0.0550. The molecule has 0 radical (unpaired) electrons. The molecule has 0 atom stereocenters. The van der Waals surface area contributed by atoms with E-state index in [2.05, 4.69) is 48.5 Å². The maximum Gasteiger partial charge on any atom is 0.235 e. The monoisotopic (exact) mass is 644 g/mol. The van der Waals surface area contributed by atoms with Crippen LogP contribution >= 0.6 is 0 Å². The summed E-state index contributed by atoms with van der Waals surface area (Å²) in [4.78, 5) is 11.6. The molecule has 0 saturated heterocycles. The van der Waals surface area contributed by atoms with Crippen molar-refractivity contribution in [3.05, 3.63) is 114 Å². The summed E-state index contributed by atoms with van der Waals surface area (Å²) in [5, 5.41) is 61.9. The van der Waals surface area contributed by atoms with Crippen LogP contribution in [0.15, 0.2) is 103 Å². The number of phenolic OH excluding ortho intramolecular Hbond substituents is 5. The minimum atomic E-state index is -0.948. The number of fused-ring (bicyclic) bond motifs is 6. The van der Waals surface area contributed by atoms with Gasteiger partial charge in [0.1, 0.15) is 5.75 Å². The Morgan fingerprint density at radius 2 is 1.00 bits per heavy atom. The lowest BCUT2D eigenvalue weighted by atomic mass is 9.81. The van der Waals surface area contributed by atoms with E-state index in [1.54, 1.807) is 13.8 Å². The molecule has 7 nitrogen and oxygen atoms in total. The van der Waals surface area contributed by atoms with Crippen molar-refractivity contribution in [3.8, 4) is 73.6 Å². The maximum atomic E-state index is 12.1. The lowest BCUT2D eigenvalue weighted by molar-refractivity contribution is -0.0996. The summed E-state index contributed by atoms with van der Waals surface area (Å²) >= 11 is 0. The van der Waals surface area contributed by atoms with E-state index in [1.807, 2.05) is 54.6 Å². The first-order chi connectivity index (χ1) is 23.8. The van der Waals surface area contributed by atoms with Gasteiger partial charge in [0.2, 0.25) is 23.0 Å². The zero-order chi connectivity index (χ0) is 33.7. The average molecular weight is 645 g/mol. The van der Waals surface area contributed by atoms with Gasteiger partial charge >= 0.3 is 0 Å². The molecule has 0 saturated carbocycles. The Morgan fingerprint density at radius 3 is 1.76 bits per heavy atom. The summed E-state index contributed by atoms with van der Waals surface area (Å²) in [6, 6.07) is 34.6. The number of hydrogen-bond acceptors (Lipinski definition) is 7. The fraction of sp³-hybridized carbons (Fsp3) is 0.0476. The molecular formula is C42H28O7. The molecular weight excluding hydrogens is 616 g/mol. The van der Waals surface area contributed by atoms with Crippen LogP contribution in [0.5, 0.6) is 40.2 Å². The molecule has 8 aromatic rings. The average Bonchev–Trinajstić information content (AvgIpc) is 3.32. The van der Waals surface area contributed by atoms with Crippen molar-refractivity contribution < 1.29 is 35.3 Å². The highest BCUT2D eigenvalue weighted by atomic mass is 17.2. The summed E-state index contributed by atoms with van der Waals surface area (Å²) in [7, 11) is 0. The van der Waals surface area contributed by atoms with Gasteiger partial charge in [-0.15, -0.1) is 0 Å². The second-order valence-corrected chi connectivity index (χ2v) is 12.5. The highest BCUT2D eigenvalue weighted by Crippen LogP contribution is 2.62. The third-order valence-electron chi connectivity index (χ3n) is 10.00. The second kappa shape index (κ2) is 10.2. The lowest BCUT2D eigenvalue weighted by Gasteiger charge is -2.22. The second-order valence-electron chi connectivity index (χ2n) is 12.5. The number of aromatic hydroxyl groups is 5. The number of rotatable bonds is 2. The highest BCUT2D eigenvalue weighted by molar-refractivity contribution is 6.28. The van der Waals surface area contributed by atoms with Gasteiger partial charge in [-0.3, -0.25) is 9.78 Å². The van der Waals surface area contributed by atoms with Crippen LogP contribution in [0.1, 0.15) is 11.1 Å². The first-order valence-electron chi connectivity index (χ1n) is 15.8. The van der Waals surface area contributed by atoms with Crippen LogP contribution in [0.4, 0.5) is 0 Å². The Morgan fingerprint density at radius 1 is 0.408 bits per heavy atom. The Labute approximate surface area is 279 Å². The van der Waals surface area contributed by atoms with Crippen LogP contribution < -0.4 is 9.78 Å². The summed E-state index contributed by atoms with van der Waals surface area (Å²) < 4.78 is 0. The van der Waals surface area contributed by atoms with Crippen molar-refractivity contribution in [3.63, 3.8) is 0 Å². The highest BCUT2D eigenvalue weighted by Gasteiger charge is 2.35. The van der Waals surface area contributed by atoms with E-state index in [1.165, 1.54) is 0 Å². The van der Waals surface area contributed by atoms with E-state index < -0.39 is 23.0 Å². The van der Waals surface area contributed by atoms with E-state index in [4.69, 9.17) is 9.78 Å². The molecule has 0 aromatic heterocycles. The van der Waals surface area contributed by atoms with Crippen LogP contribution in [-0.2, 0) is 0 Å². The smallest absolute Gasteiger partial charge is 0.235 e. The Kier molecular flexibility index (Phi) is 5.95. The van der Waals surface area contributed by atoms with Crippen LogP contribution in [0.3, 0.4) is 0 Å². The summed E-state index contributed by atoms with van der Waals surface area (Å²) in [5.41, 5.74) is 5.13. The van der Waals surface area contributed by atoms with Crippen molar-refractivity contribution in [2.75, 3.05) is 0 Å². The van der Waals surface area contributed by atoms with Gasteiger partial charge in [0.25, 0.3) is 0 Å². The predicted molar refractivity (Wildman–Crippen MR) is 192 cm³/mol. The van der Waals surface area contributed by atoms with Crippen molar-refractivity contribution in [1.29, 1.82) is 0 Å². The third-order valence-corrected chi connectivity index (χ3v) is 10.00. The van der Waals surface area contributed by atoms with Crippen molar-refractivity contribution >= 4 is 43.1 Å². The molecule has 1 heterocycles. The topological polar surface area (TPSA) is 120 Å². The molecule has 9 rings (SSSR count). The van der Waals surface area contributed by atoms with E-state index in [-0.39, 0.29) is 22.8 Å². The van der Waals surface area contributed by atoms with E-state index >= 15 is 0 Å². The number of hydrogen-bond donors (Lipinski definition) is 5.